The number of carbonyl (C=O) groups is 1. The van der Waals surface area contributed by atoms with Gasteiger partial charge in [0.05, 0.1) is 30.3 Å². The summed E-state index contributed by atoms with van der Waals surface area (Å²) in [4.78, 5) is 19.5. The summed E-state index contributed by atoms with van der Waals surface area (Å²) in [5.41, 5.74) is 2.37. The molecular formula is C23H27N5O2. The van der Waals surface area contributed by atoms with E-state index in [9.17, 15) is 4.79 Å². The number of amides is 1. The highest BCUT2D eigenvalue weighted by atomic mass is 16.5. The minimum Gasteiger partial charge on any atom is -0.381 e. The molecule has 2 saturated heterocycles. The highest BCUT2D eigenvalue weighted by Gasteiger charge is 2.27. The van der Waals surface area contributed by atoms with E-state index >= 15 is 0 Å². The van der Waals surface area contributed by atoms with Crippen LogP contribution in [0.15, 0.2) is 48.8 Å². The molecule has 3 aromatic rings. The lowest BCUT2D eigenvalue weighted by molar-refractivity contribution is -0.119. The number of piperidine rings is 1. The van der Waals surface area contributed by atoms with Gasteiger partial charge in [0, 0.05) is 43.9 Å². The van der Waals surface area contributed by atoms with Crippen molar-refractivity contribution in [2.75, 3.05) is 31.6 Å². The fourth-order valence-electron chi connectivity index (χ4n) is 4.53. The quantitative estimate of drug-likeness (QED) is 0.706. The maximum atomic E-state index is 12.5. The van der Waals surface area contributed by atoms with Crippen LogP contribution in [0.25, 0.3) is 10.9 Å². The molecule has 2 aliphatic rings. The normalized spacial score (nSPS) is 20.6. The third-order valence-corrected chi connectivity index (χ3v) is 6.24. The second kappa shape index (κ2) is 8.53. The summed E-state index contributed by atoms with van der Waals surface area (Å²) in [6, 6.07) is 12.7. The Kier molecular flexibility index (Phi) is 5.46. The van der Waals surface area contributed by atoms with Crippen LogP contribution >= 0.6 is 0 Å². The fraction of sp³-hybridized carbons (Fsp3) is 0.435. The van der Waals surface area contributed by atoms with Crippen molar-refractivity contribution < 1.29 is 9.53 Å². The zero-order chi connectivity index (χ0) is 20.3. The van der Waals surface area contributed by atoms with Crippen LogP contribution in [-0.2, 0) is 16.1 Å². The number of para-hydroxylation sites is 1. The minimum atomic E-state index is -0.0514. The Hall–Kier alpha value is -2.77. The third kappa shape index (κ3) is 3.95. The number of carbonyl (C=O) groups excluding carboxylic acids is 1. The molecule has 2 fully saturated rings. The highest BCUT2D eigenvalue weighted by Crippen LogP contribution is 2.28. The van der Waals surface area contributed by atoms with Gasteiger partial charge < -0.3 is 10.1 Å². The minimum absolute atomic E-state index is 0.0372. The third-order valence-electron chi connectivity index (χ3n) is 6.24. The Labute approximate surface area is 176 Å². The summed E-state index contributed by atoms with van der Waals surface area (Å²) in [6.07, 6.45) is 6.45. The van der Waals surface area contributed by atoms with Crippen LogP contribution in [0.4, 0.5) is 5.82 Å². The summed E-state index contributed by atoms with van der Waals surface area (Å²) < 4.78 is 7.33. The molecule has 1 aromatic carbocycles. The van der Waals surface area contributed by atoms with Crippen LogP contribution in [0, 0.1) is 5.92 Å². The second-order valence-corrected chi connectivity index (χ2v) is 8.21. The van der Waals surface area contributed by atoms with E-state index in [4.69, 9.17) is 4.74 Å². The molecule has 2 aromatic heterocycles. The number of hydrogen-bond acceptors (Lipinski definition) is 5. The van der Waals surface area contributed by atoms with Gasteiger partial charge in [-0.3, -0.25) is 14.7 Å². The van der Waals surface area contributed by atoms with Crippen molar-refractivity contribution in [3.8, 4) is 0 Å². The molecule has 4 heterocycles. The second-order valence-electron chi connectivity index (χ2n) is 8.21. The van der Waals surface area contributed by atoms with E-state index in [0.717, 1.165) is 50.2 Å². The van der Waals surface area contributed by atoms with Gasteiger partial charge in [-0.15, -0.1) is 0 Å². The number of hydrogen-bond donors (Lipinski definition) is 1. The van der Waals surface area contributed by atoms with Crippen LogP contribution in [-0.4, -0.2) is 51.9 Å². The molecule has 1 atom stereocenters. The Morgan fingerprint density at radius 3 is 2.80 bits per heavy atom. The van der Waals surface area contributed by atoms with Gasteiger partial charge in [0.2, 0.25) is 5.91 Å². The number of nitrogens with zero attached hydrogens (tertiary/aromatic N) is 4. The van der Waals surface area contributed by atoms with E-state index < -0.39 is 0 Å². The average molecular weight is 406 g/mol. The van der Waals surface area contributed by atoms with Gasteiger partial charge >= 0.3 is 0 Å². The van der Waals surface area contributed by atoms with Crippen molar-refractivity contribution in [3.63, 3.8) is 0 Å². The molecule has 5 rings (SSSR count). The molecule has 0 spiro atoms. The van der Waals surface area contributed by atoms with E-state index in [1.54, 1.807) is 6.20 Å². The van der Waals surface area contributed by atoms with E-state index in [-0.39, 0.29) is 11.8 Å². The first kappa shape index (κ1) is 19.2. The lowest BCUT2D eigenvalue weighted by atomic mass is 10.0. The summed E-state index contributed by atoms with van der Waals surface area (Å²) in [6.45, 7) is 4.09. The van der Waals surface area contributed by atoms with Gasteiger partial charge in [-0.25, -0.2) is 4.68 Å². The first-order valence-electron chi connectivity index (χ1n) is 10.7. The zero-order valence-corrected chi connectivity index (χ0v) is 17.0. The average Bonchev–Trinajstić information content (AvgIpc) is 3.47. The molecule has 0 radical (unpaired) electrons. The number of aromatic nitrogens is 3. The van der Waals surface area contributed by atoms with E-state index in [0.29, 0.717) is 19.3 Å². The lowest BCUT2D eigenvalue weighted by Crippen LogP contribution is -2.35. The number of nitrogens with one attached hydrogen (secondary N) is 1. The number of likely N-dealkylation sites (tertiary alicyclic amines) is 1. The summed E-state index contributed by atoms with van der Waals surface area (Å²) in [7, 11) is 0. The smallest absolute Gasteiger partial charge is 0.231 e. The SMILES string of the molecule is O=C(Nc1ccnn1C1CCN(Cc2cccc3cccnc23)CC1)C1CCOC1. The van der Waals surface area contributed by atoms with Crippen molar-refractivity contribution in [1.29, 1.82) is 0 Å². The standard InChI is InChI=1S/C23H27N5O2/c29-23(19-9-14-30-16-19)26-21-6-11-25-28(21)20-7-12-27(13-8-20)15-18-4-1-3-17-5-2-10-24-22(17)18/h1-6,10-11,19-20H,7-9,12-16H2,(H,26,29). The topological polar surface area (TPSA) is 72.3 Å². The molecule has 1 unspecified atom stereocenters. The Balaban J connectivity index is 1.21. The van der Waals surface area contributed by atoms with Gasteiger partial charge in [-0.2, -0.15) is 5.10 Å². The number of rotatable bonds is 5. The molecular weight excluding hydrogens is 378 g/mol. The Bertz CT molecular complexity index is 1010. The fourth-order valence-corrected chi connectivity index (χ4v) is 4.53. The van der Waals surface area contributed by atoms with Crippen LogP contribution in [0.1, 0.15) is 30.9 Å². The van der Waals surface area contributed by atoms with Gasteiger partial charge in [0.25, 0.3) is 0 Å². The monoisotopic (exact) mass is 405 g/mol. The van der Waals surface area contributed by atoms with Gasteiger partial charge in [-0.05, 0) is 30.9 Å². The largest absolute Gasteiger partial charge is 0.381 e. The van der Waals surface area contributed by atoms with E-state index in [2.05, 4.69) is 44.6 Å². The van der Waals surface area contributed by atoms with E-state index in [1.807, 2.05) is 23.0 Å². The predicted octanol–water partition coefficient (Wildman–Crippen LogP) is 3.24. The number of anilines is 1. The first-order valence-corrected chi connectivity index (χ1v) is 10.7. The maximum Gasteiger partial charge on any atom is 0.231 e. The van der Waals surface area contributed by atoms with Crippen LogP contribution in [0.3, 0.4) is 0 Å². The van der Waals surface area contributed by atoms with Crippen molar-refractivity contribution in [3.05, 3.63) is 54.4 Å². The molecule has 7 heteroatoms. The molecule has 1 amide bonds. The molecule has 0 saturated carbocycles. The number of ether oxygens (including phenoxy) is 1. The van der Waals surface area contributed by atoms with Crippen molar-refractivity contribution in [1.82, 2.24) is 19.7 Å². The first-order chi connectivity index (χ1) is 14.8. The van der Waals surface area contributed by atoms with Crippen molar-refractivity contribution >= 4 is 22.6 Å². The Morgan fingerprint density at radius 2 is 1.97 bits per heavy atom. The summed E-state index contributed by atoms with van der Waals surface area (Å²) in [5.74, 6) is 0.781. The molecule has 30 heavy (non-hydrogen) atoms. The predicted molar refractivity (Wildman–Crippen MR) is 115 cm³/mol. The maximum absolute atomic E-state index is 12.5. The molecule has 0 aliphatic carbocycles. The number of benzene rings is 1. The van der Waals surface area contributed by atoms with Crippen molar-refractivity contribution in [2.45, 2.75) is 31.8 Å². The molecule has 7 nitrogen and oxygen atoms in total. The molecule has 156 valence electrons. The van der Waals surface area contributed by atoms with Crippen LogP contribution < -0.4 is 5.32 Å². The summed E-state index contributed by atoms with van der Waals surface area (Å²) in [5, 5.41) is 8.76. The number of pyridine rings is 1. The number of fused-ring (bicyclic) bond motifs is 1. The Morgan fingerprint density at radius 1 is 1.10 bits per heavy atom. The van der Waals surface area contributed by atoms with Gasteiger partial charge in [0.1, 0.15) is 5.82 Å². The lowest BCUT2D eigenvalue weighted by Gasteiger charge is -2.33. The van der Waals surface area contributed by atoms with Gasteiger partial charge in [0.15, 0.2) is 0 Å². The molecule has 0 bridgehead atoms. The summed E-state index contributed by atoms with van der Waals surface area (Å²) >= 11 is 0. The molecule has 1 N–H and O–H groups in total. The highest BCUT2D eigenvalue weighted by molar-refractivity contribution is 5.92. The van der Waals surface area contributed by atoms with Crippen LogP contribution in [0.5, 0.6) is 0 Å². The van der Waals surface area contributed by atoms with Crippen molar-refractivity contribution in [2.24, 2.45) is 5.92 Å². The van der Waals surface area contributed by atoms with Gasteiger partial charge in [-0.1, -0.05) is 24.3 Å². The zero-order valence-electron chi connectivity index (χ0n) is 17.0. The van der Waals surface area contributed by atoms with Crippen LogP contribution in [0.2, 0.25) is 0 Å². The molecule has 2 aliphatic heterocycles. The van der Waals surface area contributed by atoms with E-state index in [1.165, 1.54) is 10.9 Å².